The van der Waals surface area contributed by atoms with Crippen LogP contribution in [0.2, 0.25) is 0 Å². The maximum absolute atomic E-state index is 14.9. The van der Waals surface area contributed by atoms with Gasteiger partial charge >= 0.3 is 6.03 Å². The first-order valence-electron chi connectivity index (χ1n) is 13.6. The molecule has 0 aliphatic heterocycles. The molecule has 0 fully saturated rings. The zero-order valence-corrected chi connectivity index (χ0v) is 24.3. The summed E-state index contributed by atoms with van der Waals surface area (Å²) in [5.74, 6) is -0.0448. The number of benzene rings is 2. The molecule has 0 aliphatic carbocycles. The molecule has 6 rings (SSSR count). The summed E-state index contributed by atoms with van der Waals surface area (Å²) in [7, 11) is 3.58. The number of fused-ring (bicyclic) bond motifs is 2. The second-order valence-electron chi connectivity index (χ2n) is 11.4. The number of hydrogen-bond acceptors (Lipinski definition) is 6. The Labute approximate surface area is 246 Å². The second kappa shape index (κ2) is 10.4. The van der Waals surface area contributed by atoms with Crippen LogP contribution < -0.4 is 16.2 Å². The molecule has 0 aliphatic rings. The van der Waals surface area contributed by atoms with Crippen molar-refractivity contribution >= 4 is 39.3 Å². The standard InChI is InChI=1S/C32H29FN8O2/c1-32(2,3)30-35-16-25(27(39-30)20-7-9-26-19(12-20)10-11-40(26)4)38-31(43)37-24-14-18(6-8-23(24)33)22-13-21-15-34-17-36-28(21)41(5)29(22)42/h6-17H,1-5H3,(H2,37,38,43). The number of anilines is 2. The van der Waals surface area contributed by atoms with Gasteiger partial charge in [0, 0.05) is 59.3 Å². The minimum absolute atomic E-state index is 0.0963. The molecule has 4 heterocycles. The van der Waals surface area contributed by atoms with E-state index < -0.39 is 11.8 Å². The quantitative estimate of drug-likeness (QED) is 0.265. The van der Waals surface area contributed by atoms with Gasteiger partial charge in [0.05, 0.1) is 23.3 Å². The maximum Gasteiger partial charge on any atom is 0.323 e. The van der Waals surface area contributed by atoms with E-state index in [1.807, 2.05) is 62.8 Å². The van der Waals surface area contributed by atoms with Crippen LogP contribution in [0.25, 0.3) is 44.3 Å². The molecule has 0 bridgehead atoms. The number of aryl methyl sites for hydroxylation is 2. The van der Waals surface area contributed by atoms with Crippen LogP contribution in [0, 0.1) is 5.82 Å². The van der Waals surface area contributed by atoms with Crippen molar-refractivity contribution in [3.63, 3.8) is 0 Å². The summed E-state index contributed by atoms with van der Waals surface area (Å²) in [6.07, 6.45) is 6.51. The van der Waals surface area contributed by atoms with Gasteiger partial charge in [-0.2, -0.15) is 0 Å². The van der Waals surface area contributed by atoms with Crippen LogP contribution in [0.1, 0.15) is 26.6 Å². The number of nitrogens with one attached hydrogen (secondary N) is 2. The number of rotatable bonds is 4. The van der Waals surface area contributed by atoms with Gasteiger partial charge in [-0.1, -0.05) is 32.9 Å². The van der Waals surface area contributed by atoms with E-state index in [-0.39, 0.29) is 16.7 Å². The van der Waals surface area contributed by atoms with Crippen molar-refractivity contribution < 1.29 is 9.18 Å². The van der Waals surface area contributed by atoms with E-state index in [9.17, 15) is 14.0 Å². The van der Waals surface area contributed by atoms with Crippen LogP contribution in [-0.2, 0) is 19.5 Å². The number of urea groups is 1. The van der Waals surface area contributed by atoms with Crippen molar-refractivity contribution in [2.75, 3.05) is 10.6 Å². The molecule has 2 amide bonds. The molecule has 0 saturated heterocycles. The van der Waals surface area contributed by atoms with Gasteiger partial charge in [-0.15, -0.1) is 0 Å². The largest absolute Gasteiger partial charge is 0.351 e. The van der Waals surface area contributed by atoms with E-state index in [2.05, 4.69) is 25.6 Å². The van der Waals surface area contributed by atoms with Crippen molar-refractivity contribution in [2.45, 2.75) is 26.2 Å². The molecule has 6 aromatic rings. The van der Waals surface area contributed by atoms with Crippen LogP contribution >= 0.6 is 0 Å². The van der Waals surface area contributed by atoms with Crippen LogP contribution in [0.3, 0.4) is 0 Å². The molecule has 2 N–H and O–H groups in total. The number of hydrogen-bond donors (Lipinski definition) is 2. The fraction of sp³-hybridized carbons (Fsp3) is 0.188. The Bertz CT molecular complexity index is 2110. The second-order valence-corrected chi connectivity index (χ2v) is 11.4. The van der Waals surface area contributed by atoms with Crippen molar-refractivity contribution in [3.05, 3.63) is 95.4 Å². The van der Waals surface area contributed by atoms with E-state index in [1.54, 1.807) is 25.5 Å². The Hall–Kier alpha value is -5.45. The van der Waals surface area contributed by atoms with Crippen LogP contribution in [-0.4, -0.2) is 35.1 Å². The van der Waals surface area contributed by atoms with Crippen LogP contribution in [0.5, 0.6) is 0 Å². The molecule has 0 radical (unpaired) electrons. The number of aromatic nitrogens is 6. The lowest BCUT2D eigenvalue weighted by Gasteiger charge is -2.19. The minimum atomic E-state index is -0.690. The monoisotopic (exact) mass is 576 g/mol. The van der Waals surface area contributed by atoms with Gasteiger partial charge in [0.1, 0.15) is 23.6 Å². The number of carbonyl (C=O) groups excluding carboxylic acids is 1. The molecule has 0 atom stereocenters. The average molecular weight is 577 g/mol. The highest BCUT2D eigenvalue weighted by molar-refractivity contribution is 6.02. The van der Waals surface area contributed by atoms with Gasteiger partial charge in [0.15, 0.2) is 0 Å². The normalized spacial score (nSPS) is 11.7. The number of pyridine rings is 1. The summed E-state index contributed by atoms with van der Waals surface area (Å²) in [5, 5.41) is 7.04. The summed E-state index contributed by atoms with van der Waals surface area (Å²) >= 11 is 0. The molecule has 0 unspecified atom stereocenters. The first-order chi connectivity index (χ1) is 20.5. The topological polar surface area (TPSA) is 120 Å². The predicted octanol–water partition coefficient (Wildman–Crippen LogP) is 6.02. The third-order valence-electron chi connectivity index (χ3n) is 7.26. The molecular formula is C32H29FN8O2. The van der Waals surface area contributed by atoms with Gasteiger partial charge in [-0.25, -0.2) is 29.1 Å². The summed E-state index contributed by atoms with van der Waals surface area (Å²) < 4.78 is 18.4. The minimum Gasteiger partial charge on any atom is -0.351 e. The fourth-order valence-electron chi connectivity index (χ4n) is 4.97. The number of carbonyl (C=O) groups is 1. The van der Waals surface area contributed by atoms with Crippen molar-refractivity contribution in [1.29, 1.82) is 0 Å². The third kappa shape index (κ3) is 5.21. The first-order valence-corrected chi connectivity index (χ1v) is 13.6. The lowest BCUT2D eigenvalue weighted by molar-refractivity contribution is 0.262. The smallest absolute Gasteiger partial charge is 0.323 e. The predicted molar refractivity (Wildman–Crippen MR) is 165 cm³/mol. The molecule has 11 heteroatoms. The summed E-state index contributed by atoms with van der Waals surface area (Å²) in [6.45, 7) is 6.04. The Morgan fingerprint density at radius 3 is 2.44 bits per heavy atom. The van der Waals surface area contributed by atoms with Crippen molar-refractivity contribution in [1.82, 2.24) is 29.1 Å². The zero-order valence-electron chi connectivity index (χ0n) is 24.3. The molecule has 2 aromatic carbocycles. The number of nitrogens with zero attached hydrogens (tertiary/aromatic N) is 6. The van der Waals surface area contributed by atoms with Gasteiger partial charge in [-0.05, 0) is 42.0 Å². The third-order valence-corrected chi connectivity index (χ3v) is 7.26. The average Bonchev–Trinajstić information content (AvgIpc) is 3.35. The van der Waals surface area contributed by atoms with E-state index in [0.29, 0.717) is 39.4 Å². The molecular weight excluding hydrogens is 547 g/mol. The summed E-state index contributed by atoms with van der Waals surface area (Å²) in [4.78, 5) is 43.8. The van der Waals surface area contributed by atoms with E-state index >= 15 is 0 Å². The highest BCUT2D eigenvalue weighted by atomic mass is 19.1. The van der Waals surface area contributed by atoms with Gasteiger partial charge in [0.25, 0.3) is 5.56 Å². The number of amides is 2. The Morgan fingerprint density at radius 1 is 0.884 bits per heavy atom. The summed E-state index contributed by atoms with van der Waals surface area (Å²) in [6, 6.07) is 13.0. The van der Waals surface area contributed by atoms with E-state index in [1.165, 1.54) is 29.1 Å². The Kier molecular flexibility index (Phi) is 6.72. The van der Waals surface area contributed by atoms with Gasteiger partial charge in [0.2, 0.25) is 0 Å². The first kappa shape index (κ1) is 27.7. The lowest BCUT2D eigenvalue weighted by atomic mass is 9.95. The Balaban J connectivity index is 1.34. The molecule has 0 spiro atoms. The maximum atomic E-state index is 14.9. The highest BCUT2D eigenvalue weighted by Crippen LogP contribution is 2.32. The van der Waals surface area contributed by atoms with Crippen molar-refractivity contribution in [2.24, 2.45) is 14.1 Å². The van der Waals surface area contributed by atoms with Crippen LogP contribution in [0.4, 0.5) is 20.6 Å². The van der Waals surface area contributed by atoms with Gasteiger partial charge < -0.3 is 15.2 Å². The van der Waals surface area contributed by atoms with Crippen molar-refractivity contribution in [3.8, 4) is 22.4 Å². The zero-order chi connectivity index (χ0) is 30.5. The molecule has 10 nitrogen and oxygen atoms in total. The molecule has 0 saturated carbocycles. The van der Waals surface area contributed by atoms with Gasteiger partial charge in [-0.3, -0.25) is 9.36 Å². The Morgan fingerprint density at radius 2 is 1.65 bits per heavy atom. The van der Waals surface area contributed by atoms with Crippen LogP contribution in [0.15, 0.2) is 78.2 Å². The fourth-order valence-corrected chi connectivity index (χ4v) is 4.97. The van der Waals surface area contributed by atoms with E-state index in [4.69, 9.17) is 4.98 Å². The highest BCUT2D eigenvalue weighted by Gasteiger charge is 2.21. The molecule has 216 valence electrons. The SMILES string of the molecule is Cn1ccc2cc(-c3nc(C(C)(C)C)ncc3NC(=O)Nc3cc(-c4cc5cncnc5n(C)c4=O)ccc3F)ccc21. The summed E-state index contributed by atoms with van der Waals surface area (Å²) in [5.41, 5.74) is 3.24. The lowest BCUT2D eigenvalue weighted by Crippen LogP contribution is -2.23. The van der Waals surface area contributed by atoms with E-state index in [0.717, 1.165) is 16.5 Å². The molecule has 4 aromatic heterocycles. The molecule has 43 heavy (non-hydrogen) atoms. The number of halogens is 1.